The quantitative estimate of drug-likeness (QED) is 0.671. The smallest absolute Gasteiger partial charge is 0.346 e. The molecule has 6 heteroatoms. The molecule has 0 saturated heterocycles. The van der Waals surface area contributed by atoms with Crippen molar-refractivity contribution in [3.05, 3.63) is 63.2 Å². The van der Waals surface area contributed by atoms with E-state index in [1.54, 1.807) is 6.92 Å². The van der Waals surface area contributed by atoms with E-state index in [4.69, 9.17) is 19.0 Å². The number of rotatable bonds is 8. The van der Waals surface area contributed by atoms with Crippen molar-refractivity contribution in [2.24, 2.45) is 11.8 Å². The molecule has 2 aromatic rings. The summed E-state index contributed by atoms with van der Waals surface area (Å²) >= 11 is 0. The molecule has 4 rings (SSSR count). The SMILES string of the molecule is Cc1cc2c(c(=O)o1)C=C1CC[C@H](C(C)CNCc3ccc(OCCO)cc3)C[C@@H]1O2. The normalized spacial score (nSPS) is 20.8. The van der Waals surface area contributed by atoms with E-state index in [2.05, 4.69) is 12.2 Å². The van der Waals surface area contributed by atoms with E-state index in [0.717, 1.165) is 38.1 Å². The molecule has 2 aliphatic rings. The number of hydrogen-bond donors (Lipinski definition) is 2. The van der Waals surface area contributed by atoms with Crippen LogP contribution in [0.15, 0.2) is 45.1 Å². The van der Waals surface area contributed by atoms with Crippen LogP contribution in [-0.2, 0) is 6.54 Å². The van der Waals surface area contributed by atoms with Gasteiger partial charge in [0, 0.05) is 12.6 Å². The van der Waals surface area contributed by atoms with Gasteiger partial charge in [0.05, 0.1) is 6.61 Å². The van der Waals surface area contributed by atoms with Crippen LogP contribution in [0.4, 0.5) is 0 Å². The number of aryl methyl sites for hydroxylation is 1. The van der Waals surface area contributed by atoms with Crippen molar-refractivity contribution in [2.75, 3.05) is 19.8 Å². The highest BCUT2D eigenvalue weighted by atomic mass is 16.5. The van der Waals surface area contributed by atoms with Crippen LogP contribution in [0.3, 0.4) is 0 Å². The van der Waals surface area contributed by atoms with Crippen LogP contribution in [0.1, 0.15) is 43.1 Å². The summed E-state index contributed by atoms with van der Waals surface area (Å²) in [5, 5.41) is 12.4. The van der Waals surface area contributed by atoms with E-state index in [9.17, 15) is 4.79 Å². The van der Waals surface area contributed by atoms with Crippen LogP contribution in [0.2, 0.25) is 0 Å². The minimum atomic E-state index is -0.311. The Bertz CT molecular complexity index is 978. The molecule has 2 N–H and O–H groups in total. The maximum Gasteiger partial charge on any atom is 0.346 e. The van der Waals surface area contributed by atoms with Crippen molar-refractivity contribution in [3.63, 3.8) is 0 Å². The first-order valence-electron chi connectivity index (χ1n) is 11.1. The lowest BCUT2D eigenvalue weighted by molar-refractivity contribution is 0.140. The largest absolute Gasteiger partial charge is 0.491 e. The van der Waals surface area contributed by atoms with Crippen molar-refractivity contribution >= 4 is 6.08 Å². The molecule has 1 fully saturated rings. The molecule has 0 radical (unpaired) electrons. The van der Waals surface area contributed by atoms with Crippen molar-refractivity contribution in [1.29, 1.82) is 0 Å². The standard InChI is InChI=1S/C25H31NO5/c1-16(14-26-15-18-3-7-21(8-4-18)29-10-9-27)19-5-6-20-12-22-24(31-23(20)13-19)11-17(2)30-25(22)28/h3-4,7-8,11-12,16,19,23,26-27H,5-6,9-10,13-15H2,1-2H3/t16?,19-,23-/m0/s1. The van der Waals surface area contributed by atoms with E-state index in [1.807, 2.05) is 36.4 Å². The van der Waals surface area contributed by atoms with Gasteiger partial charge in [-0.25, -0.2) is 4.79 Å². The first kappa shape index (κ1) is 21.7. The second-order valence-electron chi connectivity index (χ2n) is 8.61. The number of hydrogen-bond acceptors (Lipinski definition) is 6. The third-order valence-corrected chi connectivity index (χ3v) is 6.29. The summed E-state index contributed by atoms with van der Waals surface area (Å²) in [4.78, 5) is 12.1. The van der Waals surface area contributed by atoms with E-state index in [1.165, 1.54) is 11.1 Å². The van der Waals surface area contributed by atoms with Crippen LogP contribution >= 0.6 is 0 Å². The van der Waals surface area contributed by atoms with Gasteiger partial charge in [-0.15, -0.1) is 0 Å². The molecule has 1 aromatic carbocycles. The molecule has 1 aliphatic carbocycles. The lowest BCUT2D eigenvalue weighted by Crippen LogP contribution is -2.36. The van der Waals surface area contributed by atoms with Gasteiger partial charge in [0.2, 0.25) is 0 Å². The van der Waals surface area contributed by atoms with Crippen molar-refractivity contribution in [1.82, 2.24) is 5.32 Å². The summed E-state index contributed by atoms with van der Waals surface area (Å²) in [7, 11) is 0. The lowest BCUT2D eigenvalue weighted by atomic mass is 9.76. The van der Waals surface area contributed by atoms with Crippen molar-refractivity contribution < 1.29 is 19.0 Å². The average molecular weight is 426 g/mol. The summed E-state index contributed by atoms with van der Waals surface area (Å²) in [6.45, 7) is 6.17. The van der Waals surface area contributed by atoms with E-state index in [-0.39, 0.29) is 18.3 Å². The third-order valence-electron chi connectivity index (χ3n) is 6.29. The van der Waals surface area contributed by atoms with Gasteiger partial charge in [-0.05, 0) is 73.9 Å². The van der Waals surface area contributed by atoms with Crippen LogP contribution in [-0.4, -0.2) is 31.0 Å². The maximum absolute atomic E-state index is 12.1. The average Bonchev–Trinajstić information content (AvgIpc) is 2.77. The van der Waals surface area contributed by atoms with E-state index in [0.29, 0.717) is 35.5 Å². The van der Waals surface area contributed by atoms with Crippen LogP contribution < -0.4 is 20.4 Å². The van der Waals surface area contributed by atoms with Gasteiger partial charge in [-0.3, -0.25) is 0 Å². The zero-order valence-corrected chi connectivity index (χ0v) is 18.2. The van der Waals surface area contributed by atoms with Crippen molar-refractivity contribution in [2.45, 2.75) is 45.8 Å². The molecular formula is C25H31NO5. The van der Waals surface area contributed by atoms with E-state index < -0.39 is 0 Å². The zero-order chi connectivity index (χ0) is 21.8. The van der Waals surface area contributed by atoms with Gasteiger partial charge in [0.1, 0.15) is 35.5 Å². The minimum absolute atomic E-state index is 0.0210. The fraction of sp³-hybridized carbons (Fsp3) is 0.480. The predicted octanol–water partition coefficient (Wildman–Crippen LogP) is 3.69. The van der Waals surface area contributed by atoms with Crippen molar-refractivity contribution in [3.8, 4) is 11.5 Å². The van der Waals surface area contributed by atoms with Gasteiger partial charge in [-0.1, -0.05) is 19.1 Å². The lowest BCUT2D eigenvalue weighted by Gasteiger charge is -2.37. The maximum atomic E-state index is 12.1. The summed E-state index contributed by atoms with van der Waals surface area (Å²) < 4.78 is 16.8. The molecule has 166 valence electrons. The van der Waals surface area contributed by atoms with Gasteiger partial charge in [0.25, 0.3) is 0 Å². The molecule has 6 nitrogen and oxygen atoms in total. The molecule has 1 aliphatic heterocycles. The summed E-state index contributed by atoms with van der Waals surface area (Å²) in [6.07, 6.45) is 5.09. The molecule has 0 amide bonds. The van der Waals surface area contributed by atoms with Gasteiger partial charge < -0.3 is 24.3 Å². The molecular weight excluding hydrogens is 394 g/mol. The number of benzene rings is 1. The number of aliphatic hydroxyl groups excluding tert-OH is 1. The third kappa shape index (κ3) is 5.20. The number of ether oxygens (including phenoxy) is 2. The minimum Gasteiger partial charge on any atom is -0.491 e. The summed E-state index contributed by atoms with van der Waals surface area (Å²) in [6, 6.07) is 9.79. The van der Waals surface area contributed by atoms with Crippen LogP contribution in [0, 0.1) is 18.8 Å². The van der Waals surface area contributed by atoms with Gasteiger partial charge in [0.15, 0.2) is 0 Å². The zero-order valence-electron chi connectivity index (χ0n) is 18.2. The highest BCUT2D eigenvalue weighted by molar-refractivity contribution is 5.62. The second-order valence-corrected chi connectivity index (χ2v) is 8.61. The molecule has 0 bridgehead atoms. The predicted molar refractivity (Wildman–Crippen MR) is 119 cm³/mol. The van der Waals surface area contributed by atoms with E-state index >= 15 is 0 Å². The van der Waals surface area contributed by atoms with Crippen LogP contribution in [0.5, 0.6) is 11.5 Å². The Balaban J connectivity index is 1.28. The summed E-state index contributed by atoms with van der Waals surface area (Å²) in [5.74, 6) is 3.12. The van der Waals surface area contributed by atoms with Crippen LogP contribution in [0.25, 0.3) is 6.08 Å². The highest BCUT2D eigenvalue weighted by Gasteiger charge is 2.33. The Kier molecular flexibility index (Phi) is 6.78. The number of aliphatic hydroxyl groups is 1. The second kappa shape index (κ2) is 9.71. The molecule has 2 heterocycles. The monoisotopic (exact) mass is 425 g/mol. The number of fused-ring (bicyclic) bond motifs is 2. The molecule has 1 saturated carbocycles. The molecule has 31 heavy (non-hydrogen) atoms. The molecule has 0 spiro atoms. The highest BCUT2D eigenvalue weighted by Crippen LogP contribution is 2.40. The van der Waals surface area contributed by atoms with Gasteiger partial charge >= 0.3 is 5.63 Å². The first-order chi connectivity index (χ1) is 15.0. The Hall–Kier alpha value is -2.57. The Labute approximate surface area is 182 Å². The molecule has 1 unspecified atom stereocenters. The Morgan fingerprint density at radius 1 is 1.29 bits per heavy atom. The Morgan fingerprint density at radius 3 is 2.87 bits per heavy atom. The fourth-order valence-corrected chi connectivity index (χ4v) is 4.50. The fourth-order valence-electron chi connectivity index (χ4n) is 4.50. The topological polar surface area (TPSA) is 80.9 Å². The first-order valence-corrected chi connectivity index (χ1v) is 11.1. The molecule has 1 aromatic heterocycles. The Morgan fingerprint density at radius 2 is 2.10 bits per heavy atom. The molecule has 3 atom stereocenters. The number of nitrogens with one attached hydrogen (secondary N) is 1. The van der Waals surface area contributed by atoms with Gasteiger partial charge in [-0.2, -0.15) is 0 Å². The summed E-state index contributed by atoms with van der Waals surface area (Å²) in [5.41, 5.74) is 2.66.